The van der Waals surface area contributed by atoms with E-state index in [1.165, 1.54) is 12.4 Å². The molecular weight excluding hydrogens is 282 g/mol. The molecule has 2 aromatic heterocycles. The van der Waals surface area contributed by atoms with Crippen LogP contribution < -0.4 is 4.90 Å². The summed E-state index contributed by atoms with van der Waals surface area (Å²) in [5.41, 5.74) is 2.12. The molecule has 0 saturated carbocycles. The Labute approximate surface area is 126 Å². The highest BCUT2D eigenvalue weighted by Crippen LogP contribution is 2.22. The lowest BCUT2D eigenvalue weighted by Crippen LogP contribution is -2.16. The van der Waals surface area contributed by atoms with Crippen LogP contribution in [0.2, 0.25) is 0 Å². The molecule has 0 amide bonds. The smallest absolute Gasteiger partial charge is 0.328 e. The van der Waals surface area contributed by atoms with Gasteiger partial charge >= 0.3 is 5.97 Å². The third-order valence-electron chi connectivity index (χ3n) is 3.16. The SMILES string of the molecule is CN(c1ccccc1)c1ncnc2c(/C=C/C(=O)O)cnn12. The zero-order valence-corrected chi connectivity index (χ0v) is 11.8. The second kappa shape index (κ2) is 5.65. The number of rotatable bonds is 4. The first kappa shape index (κ1) is 13.7. The van der Waals surface area contributed by atoms with Crippen LogP contribution in [0.3, 0.4) is 0 Å². The quantitative estimate of drug-likeness (QED) is 0.741. The summed E-state index contributed by atoms with van der Waals surface area (Å²) in [4.78, 5) is 21.0. The first-order chi connectivity index (χ1) is 10.7. The van der Waals surface area contributed by atoms with Gasteiger partial charge in [0.1, 0.15) is 6.33 Å². The first-order valence-corrected chi connectivity index (χ1v) is 6.55. The maximum absolute atomic E-state index is 10.6. The molecule has 0 unspecified atom stereocenters. The highest BCUT2D eigenvalue weighted by molar-refractivity contribution is 5.86. The molecule has 3 rings (SSSR count). The summed E-state index contributed by atoms with van der Waals surface area (Å²) < 4.78 is 1.58. The highest BCUT2D eigenvalue weighted by Gasteiger charge is 2.13. The number of aliphatic carboxylic acids is 1. The molecule has 22 heavy (non-hydrogen) atoms. The van der Waals surface area contributed by atoms with E-state index in [0.717, 1.165) is 11.8 Å². The van der Waals surface area contributed by atoms with Gasteiger partial charge in [0.15, 0.2) is 5.65 Å². The Morgan fingerprint density at radius 1 is 1.27 bits per heavy atom. The average molecular weight is 295 g/mol. The molecule has 0 atom stereocenters. The van der Waals surface area contributed by atoms with E-state index in [1.54, 1.807) is 10.7 Å². The van der Waals surface area contributed by atoms with Crippen molar-refractivity contribution < 1.29 is 9.90 Å². The number of anilines is 2. The van der Waals surface area contributed by atoms with Crippen LogP contribution in [0, 0.1) is 0 Å². The molecule has 1 N–H and O–H groups in total. The van der Waals surface area contributed by atoms with Gasteiger partial charge in [0, 0.05) is 24.4 Å². The van der Waals surface area contributed by atoms with E-state index >= 15 is 0 Å². The molecule has 3 aromatic rings. The van der Waals surface area contributed by atoms with Crippen molar-refractivity contribution in [3.63, 3.8) is 0 Å². The fourth-order valence-electron chi connectivity index (χ4n) is 2.09. The van der Waals surface area contributed by atoms with Crippen molar-refractivity contribution in [2.24, 2.45) is 0 Å². The number of carboxylic acids is 1. The van der Waals surface area contributed by atoms with E-state index in [0.29, 0.717) is 17.2 Å². The van der Waals surface area contributed by atoms with Crippen molar-refractivity contribution in [1.82, 2.24) is 19.6 Å². The minimum atomic E-state index is -1.02. The lowest BCUT2D eigenvalue weighted by Gasteiger charge is -2.18. The fraction of sp³-hybridized carbons (Fsp3) is 0.0667. The van der Waals surface area contributed by atoms with Crippen molar-refractivity contribution in [3.05, 3.63) is 54.5 Å². The van der Waals surface area contributed by atoms with Gasteiger partial charge in [-0.1, -0.05) is 18.2 Å². The van der Waals surface area contributed by atoms with Crippen molar-refractivity contribution >= 4 is 29.3 Å². The molecule has 7 heteroatoms. The summed E-state index contributed by atoms with van der Waals surface area (Å²) in [5, 5.41) is 13.0. The standard InChI is InChI=1S/C15H13N5O2/c1-19(12-5-3-2-4-6-12)15-17-10-16-14-11(7-8-13(21)22)9-18-20(14)15/h2-10H,1H3,(H,21,22)/b8-7+. The van der Waals surface area contributed by atoms with Crippen LogP contribution >= 0.6 is 0 Å². The number of hydrogen-bond donors (Lipinski definition) is 1. The number of nitrogens with zero attached hydrogens (tertiary/aromatic N) is 5. The number of para-hydroxylation sites is 1. The number of aromatic nitrogens is 4. The molecular formula is C15H13N5O2. The van der Waals surface area contributed by atoms with Crippen molar-refractivity contribution in [2.75, 3.05) is 11.9 Å². The third-order valence-corrected chi connectivity index (χ3v) is 3.16. The largest absolute Gasteiger partial charge is 0.478 e. The molecule has 0 saturated heterocycles. The topological polar surface area (TPSA) is 83.6 Å². The highest BCUT2D eigenvalue weighted by atomic mass is 16.4. The second-order valence-electron chi connectivity index (χ2n) is 4.58. The molecule has 1 aromatic carbocycles. The molecule has 0 aliphatic carbocycles. The van der Waals surface area contributed by atoms with Crippen molar-refractivity contribution in [3.8, 4) is 0 Å². The number of carbonyl (C=O) groups is 1. The Bertz CT molecular complexity index is 842. The van der Waals surface area contributed by atoms with Gasteiger partial charge in [0.25, 0.3) is 0 Å². The van der Waals surface area contributed by atoms with E-state index in [-0.39, 0.29) is 0 Å². The Morgan fingerprint density at radius 2 is 2.05 bits per heavy atom. The molecule has 0 spiro atoms. The normalized spacial score (nSPS) is 11.1. The number of carboxylic acid groups (broad SMARTS) is 1. The summed E-state index contributed by atoms with van der Waals surface area (Å²) in [7, 11) is 1.88. The molecule has 2 heterocycles. The number of hydrogen-bond acceptors (Lipinski definition) is 5. The molecule has 0 aliphatic rings. The zero-order chi connectivity index (χ0) is 15.5. The van der Waals surface area contributed by atoms with Crippen LogP contribution in [0.1, 0.15) is 5.56 Å². The molecule has 110 valence electrons. The van der Waals surface area contributed by atoms with Crippen LogP contribution in [-0.2, 0) is 4.79 Å². The molecule has 0 aliphatic heterocycles. The Kier molecular flexibility index (Phi) is 3.53. The molecule has 7 nitrogen and oxygen atoms in total. The van der Waals surface area contributed by atoms with Crippen LogP contribution in [0.15, 0.2) is 48.9 Å². The minimum Gasteiger partial charge on any atom is -0.478 e. The lowest BCUT2D eigenvalue weighted by atomic mass is 10.3. The first-order valence-electron chi connectivity index (χ1n) is 6.55. The zero-order valence-electron chi connectivity index (χ0n) is 11.8. The van der Waals surface area contributed by atoms with Gasteiger partial charge in [0.05, 0.1) is 6.20 Å². The van der Waals surface area contributed by atoms with Crippen molar-refractivity contribution in [1.29, 1.82) is 0 Å². The van der Waals surface area contributed by atoms with Crippen LogP contribution in [0.5, 0.6) is 0 Å². The molecule has 0 fully saturated rings. The average Bonchev–Trinajstić information content (AvgIpc) is 2.96. The summed E-state index contributed by atoms with van der Waals surface area (Å²) in [5.74, 6) is -0.429. The second-order valence-corrected chi connectivity index (χ2v) is 4.58. The van der Waals surface area contributed by atoms with Gasteiger partial charge in [0.2, 0.25) is 5.95 Å². The Hall–Kier alpha value is -3.22. The van der Waals surface area contributed by atoms with Gasteiger partial charge < -0.3 is 10.0 Å². The maximum Gasteiger partial charge on any atom is 0.328 e. The summed E-state index contributed by atoms with van der Waals surface area (Å²) in [6.07, 6.45) is 5.51. The van der Waals surface area contributed by atoms with Gasteiger partial charge in [-0.2, -0.15) is 9.61 Å². The van der Waals surface area contributed by atoms with Gasteiger partial charge in [-0.15, -0.1) is 0 Å². The van der Waals surface area contributed by atoms with Crippen LogP contribution in [0.25, 0.3) is 11.7 Å². The van der Waals surface area contributed by atoms with E-state index in [9.17, 15) is 4.79 Å². The minimum absolute atomic E-state index is 0.547. The molecule has 0 bridgehead atoms. The van der Waals surface area contributed by atoms with Crippen molar-refractivity contribution in [2.45, 2.75) is 0 Å². The van der Waals surface area contributed by atoms with Gasteiger partial charge in [-0.25, -0.2) is 14.8 Å². The third kappa shape index (κ3) is 2.51. The van der Waals surface area contributed by atoms with E-state index in [4.69, 9.17) is 5.11 Å². The predicted octanol–water partition coefficient (Wildman–Crippen LogP) is 1.99. The summed E-state index contributed by atoms with van der Waals surface area (Å²) in [6, 6.07) is 9.74. The van der Waals surface area contributed by atoms with Crippen LogP contribution in [0.4, 0.5) is 11.6 Å². The fourth-order valence-corrected chi connectivity index (χ4v) is 2.09. The van der Waals surface area contributed by atoms with Gasteiger partial charge in [-0.3, -0.25) is 0 Å². The predicted molar refractivity (Wildman–Crippen MR) is 82.0 cm³/mol. The van der Waals surface area contributed by atoms with E-state index in [2.05, 4.69) is 15.1 Å². The van der Waals surface area contributed by atoms with E-state index < -0.39 is 5.97 Å². The Morgan fingerprint density at radius 3 is 2.77 bits per heavy atom. The van der Waals surface area contributed by atoms with Gasteiger partial charge in [-0.05, 0) is 18.2 Å². The lowest BCUT2D eigenvalue weighted by molar-refractivity contribution is -0.131. The number of benzene rings is 1. The maximum atomic E-state index is 10.6. The van der Waals surface area contributed by atoms with E-state index in [1.807, 2.05) is 42.3 Å². The monoisotopic (exact) mass is 295 g/mol. The molecule has 0 radical (unpaired) electrons. The summed E-state index contributed by atoms with van der Waals surface area (Å²) in [6.45, 7) is 0. The Balaban J connectivity index is 2.07. The van der Waals surface area contributed by atoms with Crippen LogP contribution in [-0.4, -0.2) is 37.7 Å². The summed E-state index contributed by atoms with van der Waals surface area (Å²) >= 11 is 0. The number of fused-ring (bicyclic) bond motifs is 1.